The van der Waals surface area contributed by atoms with Crippen LogP contribution in [0.25, 0.3) is 11.2 Å². The second-order valence-corrected chi connectivity index (χ2v) is 11.1. The summed E-state index contributed by atoms with van der Waals surface area (Å²) >= 11 is 0. The Hall–Kier alpha value is -3.74. The monoisotopic (exact) mass is 517 g/mol. The van der Waals surface area contributed by atoms with E-state index in [0.717, 1.165) is 15.0 Å². The maximum Gasteiger partial charge on any atom is 0.339 e. The molecule has 0 radical (unpaired) electrons. The number of nitrogens with one attached hydrogen (secondary N) is 1. The Morgan fingerprint density at radius 2 is 1.86 bits per heavy atom. The number of benzene rings is 1. The maximum atomic E-state index is 13.6. The third-order valence-corrected chi connectivity index (χ3v) is 7.44. The largest absolute Gasteiger partial charge is 0.480 e. The summed E-state index contributed by atoms with van der Waals surface area (Å²) in [6.45, 7) is 5.43. The number of nitrogens with zero attached hydrogens (tertiary/aromatic N) is 5. The van der Waals surface area contributed by atoms with Gasteiger partial charge < -0.3 is 15.7 Å². The smallest absolute Gasteiger partial charge is 0.339 e. The number of aromatic nitrogens is 4. The number of nitrogens with two attached hydrogens (primary N) is 1. The van der Waals surface area contributed by atoms with E-state index in [2.05, 4.69) is 9.97 Å². The van der Waals surface area contributed by atoms with Crippen LogP contribution in [-0.4, -0.2) is 64.2 Å². The highest BCUT2D eigenvalue weighted by atomic mass is 32.2. The molecule has 194 valence electrons. The van der Waals surface area contributed by atoms with Crippen LogP contribution in [0.15, 0.2) is 40.3 Å². The summed E-state index contributed by atoms with van der Waals surface area (Å²) in [6.07, 6.45) is 0.611. The number of imidazole rings is 1. The molecule has 2 atom stereocenters. The van der Waals surface area contributed by atoms with Crippen molar-refractivity contribution >= 4 is 38.7 Å². The SMILES string of the molecule is CCCS(=N)(=O)c1nc(N)c2c(n1)n(Cc1ccccc1)c(=O)n2C(=O)N(C)C(CC(C)C)C(=O)O. The fourth-order valence-corrected chi connectivity index (χ4v) is 5.16. The second-order valence-electron chi connectivity index (χ2n) is 9.01. The van der Waals surface area contributed by atoms with Gasteiger partial charge in [-0.25, -0.2) is 32.9 Å². The van der Waals surface area contributed by atoms with Gasteiger partial charge in [-0.1, -0.05) is 51.1 Å². The first-order valence-corrected chi connectivity index (χ1v) is 13.2. The highest BCUT2D eigenvalue weighted by Gasteiger charge is 2.32. The van der Waals surface area contributed by atoms with Crippen molar-refractivity contribution in [3.05, 3.63) is 46.4 Å². The Morgan fingerprint density at radius 1 is 1.22 bits per heavy atom. The van der Waals surface area contributed by atoms with Gasteiger partial charge >= 0.3 is 17.7 Å². The lowest BCUT2D eigenvalue weighted by Crippen LogP contribution is -2.47. The van der Waals surface area contributed by atoms with Gasteiger partial charge in [-0.3, -0.25) is 4.57 Å². The number of hydrogen-bond donors (Lipinski definition) is 3. The first-order chi connectivity index (χ1) is 16.9. The first-order valence-electron chi connectivity index (χ1n) is 11.5. The van der Waals surface area contributed by atoms with Crippen molar-refractivity contribution in [1.82, 2.24) is 24.0 Å². The average Bonchev–Trinajstić information content (AvgIpc) is 3.08. The van der Waals surface area contributed by atoms with Crippen LogP contribution in [0.5, 0.6) is 0 Å². The molecule has 13 heteroatoms. The number of carbonyl (C=O) groups excluding carboxylic acids is 1. The molecule has 0 saturated heterocycles. The number of amides is 1. The van der Waals surface area contributed by atoms with E-state index in [-0.39, 0.29) is 46.8 Å². The molecule has 1 aromatic carbocycles. The van der Waals surface area contributed by atoms with Crippen LogP contribution in [-0.2, 0) is 21.1 Å². The van der Waals surface area contributed by atoms with Crippen LogP contribution >= 0.6 is 0 Å². The Kier molecular flexibility index (Phi) is 7.82. The Bertz CT molecular complexity index is 1440. The molecule has 0 bridgehead atoms. The van der Waals surface area contributed by atoms with Crippen molar-refractivity contribution in [3.8, 4) is 0 Å². The van der Waals surface area contributed by atoms with E-state index in [4.69, 9.17) is 10.5 Å². The van der Waals surface area contributed by atoms with Crippen LogP contribution in [0.2, 0.25) is 0 Å². The summed E-state index contributed by atoms with van der Waals surface area (Å²) in [5.41, 5.74) is 5.90. The molecule has 0 aliphatic carbocycles. The number of carboxylic acids is 1. The standard InChI is InChI=1S/C23H31N7O5S/c1-5-11-36(25,35)21-26-18(24)17-19(27-21)29(13-15-9-7-6-8-10-15)23(34)30(17)22(33)28(4)16(20(31)32)12-14(2)3/h6-10,14,16,25H,5,11-13H2,1-4H3,(H,31,32)(H2,24,26,27). The Morgan fingerprint density at radius 3 is 2.42 bits per heavy atom. The van der Waals surface area contributed by atoms with Gasteiger partial charge in [0, 0.05) is 12.8 Å². The van der Waals surface area contributed by atoms with Gasteiger partial charge in [0.05, 0.1) is 6.54 Å². The molecule has 36 heavy (non-hydrogen) atoms. The van der Waals surface area contributed by atoms with Gasteiger partial charge in [-0.2, -0.15) is 4.98 Å². The van der Waals surface area contributed by atoms with Gasteiger partial charge in [-0.05, 0) is 24.3 Å². The zero-order valence-electron chi connectivity index (χ0n) is 20.7. The van der Waals surface area contributed by atoms with Crippen LogP contribution in [0.1, 0.15) is 39.2 Å². The molecule has 4 N–H and O–H groups in total. The second kappa shape index (κ2) is 10.5. The highest BCUT2D eigenvalue weighted by molar-refractivity contribution is 7.92. The van der Waals surface area contributed by atoms with E-state index in [1.807, 2.05) is 19.9 Å². The number of anilines is 1. The van der Waals surface area contributed by atoms with Crippen LogP contribution in [0, 0.1) is 10.7 Å². The number of fused-ring (bicyclic) bond motifs is 1. The van der Waals surface area contributed by atoms with E-state index in [0.29, 0.717) is 6.42 Å². The molecule has 2 aromatic heterocycles. The van der Waals surface area contributed by atoms with Crippen molar-refractivity contribution in [2.24, 2.45) is 5.92 Å². The lowest BCUT2D eigenvalue weighted by atomic mass is 10.0. The topological polar surface area (TPSA) is 177 Å². The number of nitrogen functional groups attached to an aromatic ring is 1. The van der Waals surface area contributed by atoms with Crippen molar-refractivity contribution in [2.45, 2.75) is 51.4 Å². The van der Waals surface area contributed by atoms with Crippen molar-refractivity contribution < 1.29 is 18.9 Å². The van der Waals surface area contributed by atoms with E-state index < -0.39 is 33.5 Å². The maximum absolute atomic E-state index is 13.6. The molecular weight excluding hydrogens is 486 g/mol. The number of likely N-dealkylation sites (N-methyl/N-ethyl adjacent to an activating group) is 1. The van der Waals surface area contributed by atoms with Gasteiger partial charge in [0.2, 0.25) is 5.16 Å². The highest BCUT2D eigenvalue weighted by Crippen LogP contribution is 2.23. The normalized spacial score (nSPS) is 14.0. The minimum atomic E-state index is -3.39. The molecule has 0 aliphatic rings. The number of carboxylic acid groups (broad SMARTS) is 1. The lowest BCUT2D eigenvalue weighted by Gasteiger charge is -2.26. The van der Waals surface area contributed by atoms with Crippen LogP contribution in [0.4, 0.5) is 10.6 Å². The van der Waals surface area contributed by atoms with Crippen molar-refractivity contribution in [1.29, 1.82) is 4.78 Å². The van der Waals surface area contributed by atoms with Gasteiger partial charge in [0.1, 0.15) is 21.3 Å². The van der Waals surface area contributed by atoms with Gasteiger partial charge in [-0.15, -0.1) is 0 Å². The van der Waals surface area contributed by atoms with Crippen molar-refractivity contribution in [2.75, 3.05) is 18.5 Å². The molecule has 1 amide bonds. The number of hydrogen-bond acceptors (Lipinski definition) is 8. The minimum Gasteiger partial charge on any atom is -0.480 e. The Balaban J connectivity index is 2.28. The molecule has 2 heterocycles. The number of aliphatic carboxylic acids is 1. The van der Waals surface area contributed by atoms with E-state index in [9.17, 15) is 23.7 Å². The van der Waals surface area contributed by atoms with Crippen molar-refractivity contribution in [3.63, 3.8) is 0 Å². The van der Waals surface area contributed by atoms with Crippen LogP contribution < -0.4 is 11.4 Å². The Labute approximate surface area is 208 Å². The van der Waals surface area contributed by atoms with E-state index in [1.165, 1.54) is 11.6 Å². The molecule has 0 fully saturated rings. The molecule has 3 aromatic rings. The molecule has 0 aliphatic heterocycles. The summed E-state index contributed by atoms with van der Waals surface area (Å²) < 4.78 is 23.1. The summed E-state index contributed by atoms with van der Waals surface area (Å²) in [6, 6.07) is 6.85. The number of rotatable bonds is 9. The fourth-order valence-electron chi connectivity index (χ4n) is 3.92. The summed E-state index contributed by atoms with van der Waals surface area (Å²) in [5.74, 6) is -1.54. The number of carbonyl (C=O) groups is 2. The summed E-state index contributed by atoms with van der Waals surface area (Å²) in [4.78, 5) is 48.3. The first kappa shape index (κ1) is 26.9. The van der Waals surface area contributed by atoms with E-state index >= 15 is 0 Å². The fraction of sp³-hybridized carbons (Fsp3) is 0.435. The van der Waals surface area contributed by atoms with Gasteiger partial charge in [0.25, 0.3) is 0 Å². The van der Waals surface area contributed by atoms with E-state index in [1.54, 1.807) is 31.2 Å². The molecular formula is C23H31N7O5S. The lowest BCUT2D eigenvalue weighted by molar-refractivity contribution is -0.142. The molecule has 0 saturated carbocycles. The zero-order valence-corrected chi connectivity index (χ0v) is 21.5. The predicted octanol–water partition coefficient (Wildman–Crippen LogP) is 2.44. The summed E-state index contributed by atoms with van der Waals surface area (Å²) in [5, 5.41) is 9.39. The average molecular weight is 518 g/mol. The van der Waals surface area contributed by atoms with Crippen LogP contribution in [0.3, 0.4) is 0 Å². The predicted molar refractivity (Wildman–Crippen MR) is 135 cm³/mol. The minimum absolute atomic E-state index is 0.00126. The molecule has 12 nitrogen and oxygen atoms in total. The molecule has 2 unspecified atom stereocenters. The summed E-state index contributed by atoms with van der Waals surface area (Å²) in [7, 11) is -2.09. The zero-order chi connectivity index (χ0) is 26.8. The third kappa shape index (κ3) is 5.25. The molecule has 0 spiro atoms. The van der Waals surface area contributed by atoms with Gasteiger partial charge in [0.15, 0.2) is 11.5 Å². The third-order valence-electron chi connectivity index (χ3n) is 5.68. The molecule has 3 rings (SSSR count). The quantitative estimate of drug-likeness (QED) is 0.362.